The lowest BCUT2D eigenvalue weighted by Crippen LogP contribution is -2.03. The number of hydrogen-bond acceptors (Lipinski definition) is 7. The Kier molecular flexibility index (Phi) is 8.55. The maximum atomic E-state index is 12.2. The average molecular weight is 573 g/mol. The zero-order chi connectivity index (χ0) is 26.5. The highest BCUT2D eigenvalue weighted by Gasteiger charge is 2.20. The Balaban J connectivity index is 1.73. The zero-order valence-electron chi connectivity index (χ0n) is 19.2. The first kappa shape index (κ1) is 26.7. The van der Waals surface area contributed by atoms with Gasteiger partial charge in [0, 0.05) is 44.1 Å². The number of hydrogen-bond donors (Lipinski definition) is 1. The van der Waals surface area contributed by atoms with Gasteiger partial charge in [-0.2, -0.15) is 0 Å². The van der Waals surface area contributed by atoms with Gasteiger partial charge >= 0.3 is 5.97 Å². The molecule has 37 heavy (non-hydrogen) atoms. The molecule has 8 nitrogen and oxygen atoms in total. The van der Waals surface area contributed by atoms with E-state index in [-0.39, 0.29) is 10.6 Å². The molecule has 0 aliphatic carbocycles. The Labute approximate surface area is 230 Å². The molecule has 1 N–H and O–H groups in total. The first-order valence-electron chi connectivity index (χ1n) is 10.8. The molecular weight excluding hydrogens is 555 g/mol. The molecule has 0 unspecified atom stereocenters. The third-order valence-corrected chi connectivity index (χ3v) is 7.68. The van der Waals surface area contributed by atoms with E-state index >= 15 is 0 Å². The van der Waals surface area contributed by atoms with Crippen molar-refractivity contribution in [3.05, 3.63) is 97.4 Å². The number of carboxylic acids is 1. The highest BCUT2D eigenvalue weighted by atomic mass is 35.5. The summed E-state index contributed by atoms with van der Waals surface area (Å²) in [5.41, 5.74) is 1.02. The van der Waals surface area contributed by atoms with Gasteiger partial charge in [-0.1, -0.05) is 35.0 Å². The van der Waals surface area contributed by atoms with E-state index in [0.29, 0.717) is 38.0 Å². The molecule has 0 saturated carbocycles. The largest absolute Gasteiger partial charge is 0.477 e. The van der Waals surface area contributed by atoms with Crippen molar-refractivity contribution < 1.29 is 14.8 Å². The number of aromatic nitrogens is 3. The number of halogens is 2. The number of nitrogens with zero attached hydrogens (tertiary/aromatic N) is 4. The molecule has 0 amide bonds. The zero-order valence-corrected chi connectivity index (χ0v) is 22.3. The molecule has 0 aliphatic rings. The van der Waals surface area contributed by atoms with Crippen LogP contribution in [0.5, 0.6) is 0 Å². The molecule has 1 aromatic heterocycles. The number of thioether (sulfide) groups is 1. The third-order valence-electron chi connectivity index (χ3n) is 5.08. The van der Waals surface area contributed by atoms with Crippen LogP contribution in [0.3, 0.4) is 0 Å². The van der Waals surface area contributed by atoms with Gasteiger partial charge in [0.2, 0.25) is 0 Å². The summed E-state index contributed by atoms with van der Waals surface area (Å²) < 4.78 is 1.79. The third kappa shape index (κ3) is 6.53. The van der Waals surface area contributed by atoms with Crippen molar-refractivity contribution in [1.82, 2.24) is 14.8 Å². The number of benzene rings is 3. The van der Waals surface area contributed by atoms with Gasteiger partial charge in [0.1, 0.15) is 4.91 Å². The molecule has 0 bridgehead atoms. The number of nitro benzene ring substituents is 1. The maximum absolute atomic E-state index is 12.2. The molecule has 4 aromatic rings. The summed E-state index contributed by atoms with van der Waals surface area (Å²) in [6.45, 7) is 2.40. The van der Waals surface area contributed by atoms with Gasteiger partial charge in [-0.25, -0.2) is 4.79 Å². The van der Waals surface area contributed by atoms with Crippen molar-refractivity contribution in [1.29, 1.82) is 0 Å². The van der Waals surface area contributed by atoms with Crippen LogP contribution in [-0.2, 0) is 11.3 Å². The highest BCUT2D eigenvalue weighted by molar-refractivity contribution is 8.04. The van der Waals surface area contributed by atoms with E-state index in [9.17, 15) is 20.0 Å². The summed E-state index contributed by atoms with van der Waals surface area (Å²) in [7, 11) is 0. The predicted molar refractivity (Wildman–Crippen MR) is 146 cm³/mol. The smallest absolute Gasteiger partial charge is 0.342 e. The molecule has 3 aromatic carbocycles. The SMILES string of the molecule is CCn1c(S/C(=C/c2cc([N+](=O)[O-])ccc2Sc2ccc(Cl)cc2)C(=O)O)nnc1-c1ccc(Cl)cc1. The number of aliphatic carboxylic acids is 1. The number of carboxylic acid groups (broad SMARTS) is 1. The highest BCUT2D eigenvalue weighted by Crippen LogP contribution is 2.37. The quantitative estimate of drug-likeness (QED) is 0.0946. The molecule has 0 radical (unpaired) electrons. The van der Waals surface area contributed by atoms with Gasteiger partial charge in [0.25, 0.3) is 5.69 Å². The molecule has 0 aliphatic heterocycles. The molecule has 1 heterocycles. The summed E-state index contributed by atoms with van der Waals surface area (Å²) in [5.74, 6) is -0.626. The van der Waals surface area contributed by atoms with Crippen LogP contribution in [0.15, 0.2) is 86.6 Å². The topological polar surface area (TPSA) is 111 Å². The lowest BCUT2D eigenvalue weighted by atomic mass is 10.2. The normalized spacial score (nSPS) is 11.5. The standard InChI is InChI=1S/C25H18Cl2N4O4S2/c1-2-30-23(15-3-5-17(26)6-4-15)28-29-25(30)37-22(24(32)33)14-16-13-19(31(34)35)9-12-21(16)36-20-10-7-18(27)8-11-20/h3-14H,2H2,1H3,(H,32,33)/b22-14+. The van der Waals surface area contributed by atoms with E-state index in [1.807, 2.05) is 31.2 Å². The van der Waals surface area contributed by atoms with Gasteiger partial charge in [0.05, 0.1) is 4.92 Å². The second-order valence-corrected chi connectivity index (χ2v) is 10.5. The van der Waals surface area contributed by atoms with Crippen molar-refractivity contribution in [3.8, 4) is 11.4 Å². The van der Waals surface area contributed by atoms with Crippen LogP contribution in [0.4, 0.5) is 5.69 Å². The van der Waals surface area contributed by atoms with E-state index in [2.05, 4.69) is 10.2 Å². The molecule has 0 fully saturated rings. The van der Waals surface area contributed by atoms with Gasteiger partial charge in [-0.05, 0) is 84.9 Å². The number of rotatable bonds is 9. The Morgan fingerprint density at radius 1 is 1.05 bits per heavy atom. The lowest BCUT2D eigenvalue weighted by molar-refractivity contribution is -0.384. The Hall–Kier alpha value is -3.31. The fourth-order valence-corrected chi connectivity index (χ4v) is 5.35. The first-order chi connectivity index (χ1) is 17.7. The summed E-state index contributed by atoms with van der Waals surface area (Å²) >= 11 is 14.2. The maximum Gasteiger partial charge on any atom is 0.342 e. The van der Waals surface area contributed by atoms with E-state index in [0.717, 1.165) is 22.2 Å². The molecule has 0 spiro atoms. The van der Waals surface area contributed by atoms with Crippen molar-refractivity contribution in [2.45, 2.75) is 28.4 Å². The van der Waals surface area contributed by atoms with E-state index in [1.165, 1.54) is 30.0 Å². The number of non-ortho nitro benzene ring substituents is 1. The number of carbonyl (C=O) groups is 1. The van der Waals surface area contributed by atoms with Crippen LogP contribution in [0.1, 0.15) is 12.5 Å². The summed E-state index contributed by atoms with van der Waals surface area (Å²) in [4.78, 5) is 24.6. The van der Waals surface area contributed by atoms with Gasteiger partial charge in [-0.15, -0.1) is 10.2 Å². The van der Waals surface area contributed by atoms with Crippen LogP contribution in [0.25, 0.3) is 17.5 Å². The monoisotopic (exact) mass is 572 g/mol. The van der Waals surface area contributed by atoms with Gasteiger partial charge in [0.15, 0.2) is 11.0 Å². The molecule has 4 rings (SSSR count). The second-order valence-electron chi connectivity index (χ2n) is 7.51. The predicted octanol–water partition coefficient (Wildman–Crippen LogP) is 7.55. The van der Waals surface area contributed by atoms with Crippen LogP contribution in [0, 0.1) is 10.1 Å². The van der Waals surface area contributed by atoms with Crippen LogP contribution < -0.4 is 0 Å². The first-order valence-corrected chi connectivity index (χ1v) is 13.2. The minimum atomic E-state index is -1.20. The Bertz CT molecular complexity index is 1490. The summed E-state index contributed by atoms with van der Waals surface area (Å²) in [5, 5.41) is 31.4. The van der Waals surface area contributed by atoms with Crippen LogP contribution in [0.2, 0.25) is 10.0 Å². The van der Waals surface area contributed by atoms with Crippen molar-refractivity contribution in [2.75, 3.05) is 0 Å². The summed E-state index contributed by atoms with van der Waals surface area (Å²) in [6.07, 6.45) is 1.41. The van der Waals surface area contributed by atoms with Crippen molar-refractivity contribution in [3.63, 3.8) is 0 Å². The average Bonchev–Trinajstić information content (AvgIpc) is 3.28. The van der Waals surface area contributed by atoms with Crippen molar-refractivity contribution in [2.24, 2.45) is 0 Å². The van der Waals surface area contributed by atoms with E-state index in [4.69, 9.17) is 23.2 Å². The van der Waals surface area contributed by atoms with Gasteiger partial charge < -0.3 is 9.67 Å². The summed E-state index contributed by atoms with van der Waals surface area (Å²) in [6, 6.07) is 18.5. The van der Waals surface area contributed by atoms with Crippen molar-refractivity contribution >= 4 is 64.5 Å². The Morgan fingerprint density at radius 2 is 1.70 bits per heavy atom. The fraction of sp³-hybridized carbons (Fsp3) is 0.0800. The lowest BCUT2D eigenvalue weighted by Gasteiger charge is -2.10. The molecular formula is C25H18Cl2N4O4S2. The molecule has 188 valence electrons. The number of nitro groups is 1. The minimum absolute atomic E-state index is 0.0665. The van der Waals surface area contributed by atoms with Crippen LogP contribution >= 0.6 is 46.7 Å². The second kappa shape index (κ2) is 11.8. The van der Waals surface area contributed by atoms with E-state index in [1.54, 1.807) is 34.9 Å². The van der Waals surface area contributed by atoms with Gasteiger partial charge in [-0.3, -0.25) is 10.1 Å². The molecule has 12 heteroatoms. The Morgan fingerprint density at radius 3 is 2.30 bits per heavy atom. The minimum Gasteiger partial charge on any atom is -0.477 e. The van der Waals surface area contributed by atoms with E-state index < -0.39 is 10.9 Å². The molecule has 0 atom stereocenters. The molecule has 0 saturated heterocycles. The van der Waals surface area contributed by atoms with Crippen LogP contribution in [-0.4, -0.2) is 30.8 Å². The fourth-order valence-electron chi connectivity index (χ4n) is 3.32.